The summed E-state index contributed by atoms with van der Waals surface area (Å²) in [5.41, 5.74) is 10.3. The number of rotatable bonds is 3. The molecule has 0 fully saturated rings. The van der Waals surface area contributed by atoms with Crippen LogP contribution in [0.4, 0.5) is 0 Å². The number of aromatic nitrogens is 3. The first-order valence-corrected chi connectivity index (χ1v) is 6.74. The number of nitrogens with zero attached hydrogens (tertiary/aromatic N) is 3. The van der Waals surface area contributed by atoms with Crippen LogP contribution >= 0.6 is 15.9 Å². The van der Waals surface area contributed by atoms with Gasteiger partial charge in [-0.3, -0.25) is 9.67 Å². The Morgan fingerprint density at radius 2 is 2.11 bits per heavy atom. The minimum absolute atomic E-state index is 0.263. The van der Waals surface area contributed by atoms with Crippen LogP contribution in [0.5, 0.6) is 0 Å². The number of nitrogens with two attached hydrogens (primary N) is 1. The Kier molecular flexibility index (Phi) is 3.82. The van der Waals surface area contributed by atoms with Gasteiger partial charge in [-0.25, -0.2) is 0 Å². The van der Waals surface area contributed by atoms with E-state index in [1.807, 2.05) is 30.7 Å². The van der Waals surface area contributed by atoms with E-state index in [-0.39, 0.29) is 6.04 Å². The van der Waals surface area contributed by atoms with Gasteiger partial charge in [0, 0.05) is 12.2 Å². The van der Waals surface area contributed by atoms with Crippen molar-refractivity contribution in [1.82, 2.24) is 14.8 Å². The smallest absolute Gasteiger partial charge is 0.0908 e. The molecule has 0 aromatic carbocycles. The maximum Gasteiger partial charge on any atom is 0.0908 e. The second-order valence-corrected chi connectivity index (χ2v) is 5.24. The summed E-state index contributed by atoms with van der Waals surface area (Å²) in [5, 5.41) is 4.29. The third kappa shape index (κ3) is 2.47. The first-order valence-electron chi connectivity index (χ1n) is 5.95. The fraction of sp³-hybridized carbons (Fsp3) is 0.385. The number of aryl methyl sites for hydroxylation is 3. The number of halogens is 1. The molecule has 96 valence electrons. The summed E-state index contributed by atoms with van der Waals surface area (Å²) in [7, 11) is 0. The summed E-state index contributed by atoms with van der Waals surface area (Å²) in [5.74, 6) is 0. The van der Waals surface area contributed by atoms with E-state index in [2.05, 4.69) is 32.9 Å². The van der Waals surface area contributed by atoms with Crippen molar-refractivity contribution in [3.05, 3.63) is 45.4 Å². The van der Waals surface area contributed by atoms with Gasteiger partial charge in [0.2, 0.25) is 0 Å². The average molecular weight is 309 g/mol. The van der Waals surface area contributed by atoms with Crippen molar-refractivity contribution in [2.45, 2.75) is 33.4 Å². The molecule has 2 aromatic heterocycles. The molecule has 0 spiro atoms. The lowest BCUT2D eigenvalue weighted by Gasteiger charge is -2.15. The van der Waals surface area contributed by atoms with Gasteiger partial charge in [-0.05, 0) is 54.4 Å². The zero-order chi connectivity index (χ0) is 13.3. The summed E-state index contributed by atoms with van der Waals surface area (Å²) >= 11 is 3.50. The molecule has 1 atom stereocenters. The maximum absolute atomic E-state index is 6.32. The molecule has 5 heteroatoms. The Balaban J connectivity index is 2.47. The second kappa shape index (κ2) is 5.20. The highest BCUT2D eigenvalue weighted by atomic mass is 79.9. The number of hydrogen-bond donors (Lipinski definition) is 1. The van der Waals surface area contributed by atoms with Gasteiger partial charge in [0.15, 0.2) is 0 Å². The van der Waals surface area contributed by atoms with Crippen molar-refractivity contribution in [3.63, 3.8) is 0 Å². The minimum atomic E-state index is -0.263. The monoisotopic (exact) mass is 308 g/mol. The van der Waals surface area contributed by atoms with Gasteiger partial charge in [0.25, 0.3) is 0 Å². The van der Waals surface area contributed by atoms with Gasteiger partial charge < -0.3 is 5.73 Å². The van der Waals surface area contributed by atoms with Crippen LogP contribution in [0.25, 0.3) is 0 Å². The van der Waals surface area contributed by atoms with Crippen LogP contribution in [0.2, 0.25) is 0 Å². The Bertz CT molecular complexity index is 542. The SMILES string of the molecule is CCn1ncc(Br)c1C(N)c1cc(C)cc(C)n1. The summed E-state index contributed by atoms with van der Waals surface area (Å²) in [4.78, 5) is 4.52. The van der Waals surface area contributed by atoms with Crippen LogP contribution in [0.3, 0.4) is 0 Å². The predicted octanol–water partition coefficient (Wildman–Crippen LogP) is 2.73. The lowest BCUT2D eigenvalue weighted by Crippen LogP contribution is -2.19. The summed E-state index contributed by atoms with van der Waals surface area (Å²) in [6, 6.07) is 3.81. The largest absolute Gasteiger partial charge is 0.318 e. The Labute approximate surface area is 115 Å². The molecule has 2 rings (SSSR count). The lowest BCUT2D eigenvalue weighted by molar-refractivity contribution is 0.594. The van der Waals surface area contributed by atoms with E-state index in [1.54, 1.807) is 6.20 Å². The summed E-state index contributed by atoms with van der Waals surface area (Å²) in [6.07, 6.45) is 1.78. The highest BCUT2D eigenvalue weighted by Gasteiger charge is 2.19. The molecule has 0 bridgehead atoms. The molecule has 0 aliphatic heterocycles. The molecule has 0 saturated heterocycles. The van der Waals surface area contributed by atoms with Gasteiger partial charge in [-0.2, -0.15) is 5.10 Å². The van der Waals surface area contributed by atoms with Gasteiger partial charge >= 0.3 is 0 Å². The topological polar surface area (TPSA) is 56.7 Å². The zero-order valence-electron chi connectivity index (χ0n) is 10.8. The van der Waals surface area contributed by atoms with Crippen LogP contribution < -0.4 is 5.73 Å². The average Bonchev–Trinajstić information content (AvgIpc) is 2.68. The highest BCUT2D eigenvalue weighted by molar-refractivity contribution is 9.10. The Morgan fingerprint density at radius 3 is 2.72 bits per heavy atom. The predicted molar refractivity (Wildman–Crippen MR) is 75.3 cm³/mol. The molecule has 0 aliphatic carbocycles. The van der Waals surface area contributed by atoms with Crippen LogP contribution in [0.1, 0.15) is 35.6 Å². The molecule has 0 saturated carbocycles. The molecule has 18 heavy (non-hydrogen) atoms. The van der Waals surface area contributed by atoms with E-state index in [0.29, 0.717) is 0 Å². The number of hydrogen-bond acceptors (Lipinski definition) is 3. The van der Waals surface area contributed by atoms with Crippen LogP contribution in [-0.2, 0) is 6.54 Å². The van der Waals surface area contributed by atoms with Gasteiger partial charge in [0.1, 0.15) is 0 Å². The van der Waals surface area contributed by atoms with E-state index in [9.17, 15) is 0 Å². The van der Waals surface area contributed by atoms with Crippen LogP contribution in [-0.4, -0.2) is 14.8 Å². The molecule has 1 unspecified atom stereocenters. The van der Waals surface area contributed by atoms with Gasteiger partial charge in [-0.1, -0.05) is 0 Å². The molecule has 2 aromatic rings. The summed E-state index contributed by atoms with van der Waals surface area (Å²) in [6.45, 7) is 6.87. The first-order chi connectivity index (χ1) is 8.52. The fourth-order valence-corrected chi connectivity index (χ4v) is 2.65. The minimum Gasteiger partial charge on any atom is -0.318 e. The van der Waals surface area contributed by atoms with Crippen molar-refractivity contribution in [3.8, 4) is 0 Å². The summed E-state index contributed by atoms with van der Waals surface area (Å²) < 4.78 is 2.83. The lowest BCUT2D eigenvalue weighted by atomic mass is 10.1. The van der Waals surface area contributed by atoms with Crippen molar-refractivity contribution in [2.24, 2.45) is 5.73 Å². The molecule has 0 amide bonds. The molecule has 4 nitrogen and oxygen atoms in total. The third-order valence-corrected chi connectivity index (χ3v) is 3.47. The van der Waals surface area contributed by atoms with E-state index >= 15 is 0 Å². The van der Waals surface area contributed by atoms with Gasteiger partial charge in [-0.15, -0.1) is 0 Å². The van der Waals surface area contributed by atoms with E-state index < -0.39 is 0 Å². The van der Waals surface area contributed by atoms with Crippen molar-refractivity contribution in [1.29, 1.82) is 0 Å². The molecular formula is C13H17BrN4. The molecular weight excluding hydrogens is 292 g/mol. The normalized spacial score (nSPS) is 12.7. The zero-order valence-corrected chi connectivity index (χ0v) is 12.4. The van der Waals surface area contributed by atoms with E-state index in [0.717, 1.165) is 28.1 Å². The molecule has 2 N–H and O–H groups in total. The maximum atomic E-state index is 6.32. The van der Waals surface area contributed by atoms with E-state index in [1.165, 1.54) is 5.56 Å². The van der Waals surface area contributed by atoms with Crippen molar-refractivity contribution in [2.75, 3.05) is 0 Å². The Hall–Kier alpha value is -1.20. The molecule has 2 heterocycles. The van der Waals surface area contributed by atoms with E-state index in [4.69, 9.17) is 5.73 Å². The van der Waals surface area contributed by atoms with Crippen molar-refractivity contribution < 1.29 is 0 Å². The molecule has 0 aliphatic rings. The highest BCUT2D eigenvalue weighted by Crippen LogP contribution is 2.26. The van der Waals surface area contributed by atoms with Crippen molar-refractivity contribution >= 4 is 15.9 Å². The standard InChI is InChI=1S/C13H17BrN4/c1-4-18-13(10(14)7-16-18)12(15)11-6-8(2)5-9(3)17-11/h5-7,12H,4,15H2,1-3H3. The van der Waals surface area contributed by atoms with Crippen LogP contribution in [0.15, 0.2) is 22.8 Å². The molecule has 0 radical (unpaired) electrons. The quantitative estimate of drug-likeness (QED) is 0.948. The third-order valence-electron chi connectivity index (χ3n) is 2.86. The fourth-order valence-electron chi connectivity index (χ4n) is 2.11. The Morgan fingerprint density at radius 1 is 1.39 bits per heavy atom. The second-order valence-electron chi connectivity index (χ2n) is 4.38. The van der Waals surface area contributed by atoms with Gasteiger partial charge in [0.05, 0.1) is 28.1 Å². The first kappa shape index (κ1) is 13.2. The number of pyridine rings is 1. The van der Waals surface area contributed by atoms with Crippen LogP contribution in [0, 0.1) is 13.8 Å².